The van der Waals surface area contributed by atoms with Crippen LogP contribution in [0.5, 0.6) is 0 Å². The van der Waals surface area contributed by atoms with Crippen molar-refractivity contribution in [2.75, 3.05) is 26.4 Å². The first-order chi connectivity index (χ1) is 27.4. The van der Waals surface area contributed by atoms with Crippen LogP contribution in [0.15, 0.2) is 36.5 Å². The number of carbonyl (C=O) groups excluding carboxylic acids is 2. The Labute approximate surface area is 344 Å². The van der Waals surface area contributed by atoms with Crippen molar-refractivity contribution in [1.82, 2.24) is 0 Å². The van der Waals surface area contributed by atoms with E-state index >= 15 is 0 Å². The van der Waals surface area contributed by atoms with Crippen LogP contribution >= 0.6 is 15.6 Å². The third-order valence-electron chi connectivity index (χ3n) is 9.03. The van der Waals surface area contributed by atoms with Crippen molar-refractivity contribution in [2.45, 2.75) is 193 Å². The van der Waals surface area contributed by atoms with Crippen molar-refractivity contribution in [3.63, 3.8) is 0 Å². The van der Waals surface area contributed by atoms with Gasteiger partial charge in [0.1, 0.15) is 12.7 Å². The fourth-order valence-electron chi connectivity index (χ4n) is 5.77. The molecule has 0 heterocycles. The second-order valence-corrected chi connectivity index (χ2v) is 17.3. The molecular formula is C42H78O13P2. The standard InChI is InChI=1S/C42H78O13P2/c1-3-5-7-9-11-13-15-17-19-21-23-25-27-29-31-33-41(44)51-37-40(38-54-57(49,50)53-36-39(43)35-52-56(46,47)48)55-42(45)34-32-30-28-26-24-22-20-18-16-14-12-10-8-6-4-2/h5,7,11,13,17,19,39-40,43H,3-4,6,8-10,12,14-16,18,20-38H2,1-2H3,(H,49,50)(H2,46,47,48)/b7-5-,13-11-,19-17-/t39-,40+/m0/s1. The SMILES string of the molecule is CC/C=C\C/C=C\C/C=C\CCCCCCCC(=O)OC[C@H](COP(=O)(O)OC[C@@H](O)COP(=O)(O)O)OC(=O)CCCCCCCCCCCCCCCCC. The molecule has 1 unspecified atom stereocenters. The summed E-state index contributed by atoms with van der Waals surface area (Å²) in [5.41, 5.74) is 0. The van der Waals surface area contributed by atoms with Crippen molar-refractivity contribution < 1.29 is 61.6 Å². The van der Waals surface area contributed by atoms with Gasteiger partial charge in [-0.1, -0.05) is 159 Å². The number of aliphatic hydroxyl groups is 1. The van der Waals surface area contributed by atoms with E-state index in [4.69, 9.17) is 23.8 Å². The van der Waals surface area contributed by atoms with Crippen molar-refractivity contribution in [3.8, 4) is 0 Å². The van der Waals surface area contributed by atoms with Gasteiger partial charge in [-0.15, -0.1) is 0 Å². The van der Waals surface area contributed by atoms with Crippen LogP contribution in [0.4, 0.5) is 0 Å². The van der Waals surface area contributed by atoms with Crippen LogP contribution in [0, 0.1) is 0 Å². The van der Waals surface area contributed by atoms with Crippen LogP contribution in [0.25, 0.3) is 0 Å². The number of hydrogen-bond donors (Lipinski definition) is 4. The third-order valence-corrected chi connectivity index (χ3v) is 10.5. The first kappa shape index (κ1) is 55.3. The summed E-state index contributed by atoms with van der Waals surface area (Å²) in [5.74, 6) is -1.05. The largest absolute Gasteiger partial charge is 0.472 e. The summed E-state index contributed by atoms with van der Waals surface area (Å²) in [6, 6.07) is 0. The number of phosphoric acid groups is 2. The lowest BCUT2D eigenvalue weighted by Crippen LogP contribution is -2.30. The highest BCUT2D eigenvalue weighted by Gasteiger charge is 2.28. The molecule has 0 aliphatic heterocycles. The second kappa shape index (κ2) is 38.5. The number of rotatable bonds is 41. The maximum atomic E-state index is 12.7. The second-order valence-electron chi connectivity index (χ2n) is 14.6. The number of ether oxygens (including phenoxy) is 2. The summed E-state index contributed by atoms with van der Waals surface area (Å²) in [7, 11) is -9.67. The van der Waals surface area contributed by atoms with Gasteiger partial charge in [-0.2, -0.15) is 0 Å². The van der Waals surface area contributed by atoms with Crippen molar-refractivity contribution in [2.24, 2.45) is 0 Å². The molecule has 0 aromatic rings. The molecule has 0 aliphatic carbocycles. The van der Waals surface area contributed by atoms with Gasteiger partial charge >= 0.3 is 27.6 Å². The molecule has 0 amide bonds. The van der Waals surface area contributed by atoms with E-state index in [2.05, 4.69) is 59.4 Å². The molecule has 0 aromatic heterocycles. The molecule has 13 nitrogen and oxygen atoms in total. The van der Waals surface area contributed by atoms with Gasteiger partial charge in [0.05, 0.1) is 19.8 Å². The molecule has 0 bridgehead atoms. The van der Waals surface area contributed by atoms with Crippen LogP contribution < -0.4 is 0 Å². The molecule has 57 heavy (non-hydrogen) atoms. The molecule has 0 fully saturated rings. The molecule has 15 heteroatoms. The van der Waals surface area contributed by atoms with Crippen LogP contribution in [-0.2, 0) is 41.8 Å². The Bertz CT molecular complexity index is 1150. The molecule has 334 valence electrons. The van der Waals surface area contributed by atoms with Gasteiger partial charge in [-0.25, -0.2) is 9.13 Å². The molecular weight excluding hydrogens is 774 g/mol. The maximum Gasteiger partial charge on any atom is 0.472 e. The number of hydrogen-bond acceptors (Lipinski definition) is 10. The van der Waals surface area contributed by atoms with E-state index in [0.717, 1.165) is 70.6 Å². The first-order valence-corrected chi connectivity index (χ1v) is 24.7. The zero-order chi connectivity index (χ0) is 42.3. The van der Waals surface area contributed by atoms with Gasteiger partial charge in [0.25, 0.3) is 0 Å². The predicted molar refractivity (Wildman–Crippen MR) is 225 cm³/mol. The summed E-state index contributed by atoms with van der Waals surface area (Å²) < 4.78 is 47.7. The zero-order valence-corrected chi connectivity index (χ0v) is 37.0. The van der Waals surface area contributed by atoms with E-state index in [1.165, 1.54) is 70.6 Å². The minimum absolute atomic E-state index is 0.130. The van der Waals surface area contributed by atoms with Gasteiger partial charge in [0, 0.05) is 12.8 Å². The van der Waals surface area contributed by atoms with Gasteiger partial charge in [0.15, 0.2) is 6.10 Å². The summed E-state index contributed by atoms with van der Waals surface area (Å²) >= 11 is 0. The molecule has 0 radical (unpaired) electrons. The average Bonchev–Trinajstić information content (AvgIpc) is 3.17. The van der Waals surface area contributed by atoms with Gasteiger partial charge in [0.2, 0.25) is 0 Å². The number of carbonyl (C=O) groups is 2. The van der Waals surface area contributed by atoms with E-state index in [1.54, 1.807) is 0 Å². The molecule has 0 rings (SSSR count). The van der Waals surface area contributed by atoms with E-state index in [9.17, 15) is 28.7 Å². The van der Waals surface area contributed by atoms with Crippen LogP contribution in [-0.4, -0.2) is 70.4 Å². The Morgan fingerprint density at radius 1 is 0.526 bits per heavy atom. The average molecular weight is 853 g/mol. The summed E-state index contributed by atoms with van der Waals surface area (Å²) in [6.07, 6.45) is 37.0. The number of aliphatic hydroxyl groups excluding tert-OH is 1. The van der Waals surface area contributed by atoms with E-state index in [0.29, 0.717) is 12.8 Å². The molecule has 0 saturated carbocycles. The minimum atomic E-state index is -4.86. The van der Waals surface area contributed by atoms with Crippen molar-refractivity contribution in [1.29, 1.82) is 0 Å². The normalized spacial score (nSPS) is 14.4. The fraction of sp³-hybridized carbons (Fsp3) is 0.810. The molecule has 4 N–H and O–H groups in total. The lowest BCUT2D eigenvalue weighted by molar-refractivity contribution is -0.161. The lowest BCUT2D eigenvalue weighted by atomic mass is 10.0. The topological polar surface area (TPSA) is 195 Å². The maximum absolute atomic E-state index is 12.7. The number of unbranched alkanes of at least 4 members (excludes halogenated alkanes) is 19. The Hall–Kier alpha value is -1.66. The Morgan fingerprint density at radius 3 is 1.49 bits per heavy atom. The monoisotopic (exact) mass is 852 g/mol. The Balaban J connectivity index is 4.53. The third kappa shape index (κ3) is 42.3. The Kier molecular flexibility index (Phi) is 37.4. The summed E-state index contributed by atoms with van der Waals surface area (Å²) in [4.78, 5) is 52.7. The van der Waals surface area contributed by atoms with Gasteiger partial charge < -0.3 is 29.3 Å². The smallest absolute Gasteiger partial charge is 0.462 e. The lowest BCUT2D eigenvalue weighted by Gasteiger charge is -2.20. The fourth-order valence-corrected chi connectivity index (χ4v) is 6.93. The van der Waals surface area contributed by atoms with E-state index in [1.807, 2.05) is 0 Å². The quantitative estimate of drug-likeness (QED) is 0.0196. The molecule has 3 atom stereocenters. The van der Waals surface area contributed by atoms with Crippen LogP contribution in [0.3, 0.4) is 0 Å². The highest BCUT2D eigenvalue weighted by atomic mass is 31.2. The first-order valence-electron chi connectivity index (χ1n) is 21.7. The predicted octanol–water partition coefficient (Wildman–Crippen LogP) is 10.9. The number of phosphoric ester groups is 2. The molecule has 0 aromatic carbocycles. The Morgan fingerprint density at radius 2 is 0.965 bits per heavy atom. The van der Waals surface area contributed by atoms with Crippen molar-refractivity contribution >= 4 is 27.6 Å². The van der Waals surface area contributed by atoms with Crippen LogP contribution in [0.2, 0.25) is 0 Å². The van der Waals surface area contributed by atoms with E-state index < -0.39 is 59.6 Å². The summed E-state index contributed by atoms with van der Waals surface area (Å²) in [6.45, 7) is 1.64. The number of allylic oxidation sites excluding steroid dienone is 6. The molecule has 0 spiro atoms. The highest BCUT2D eigenvalue weighted by Crippen LogP contribution is 2.43. The summed E-state index contributed by atoms with van der Waals surface area (Å²) in [5, 5.41) is 9.74. The van der Waals surface area contributed by atoms with Crippen molar-refractivity contribution in [3.05, 3.63) is 36.5 Å². The minimum Gasteiger partial charge on any atom is -0.462 e. The molecule has 0 aliphatic rings. The van der Waals surface area contributed by atoms with Gasteiger partial charge in [-0.3, -0.25) is 23.2 Å². The van der Waals surface area contributed by atoms with E-state index in [-0.39, 0.29) is 19.4 Å². The molecule has 0 saturated heterocycles. The zero-order valence-electron chi connectivity index (χ0n) is 35.2. The number of esters is 2. The van der Waals surface area contributed by atoms with Gasteiger partial charge in [-0.05, 0) is 44.9 Å². The highest BCUT2D eigenvalue weighted by molar-refractivity contribution is 7.47. The van der Waals surface area contributed by atoms with Crippen LogP contribution in [0.1, 0.15) is 181 Å².